The van der Waals surface area contributed by atoms with E-state index in [1.807, 2.05) is 13.0 Å². The van der Waals surface area contributed by atoms with E-state index in [2.05, 4.69) is 15.3 Å². The number of carbonyl (C=O) groups excluding carboxylic acids is 1. The van der Waals surface area contributed by atoms with Gasteiger partial charge in [0, 0.05) is 17.9 Å². The Morgan fingerprint density at radius 3 is 2.37 bits per heavy atom. The molecule has 38 heavy (non-hydrogen) atoms. The maximum atomic E-state index is 12.9. The molecule has 200 valence electrons. The molecule has 0 atom stereocenters. The minimum absolute atomic E-state index is 0.173. The van der Waals surface area contributed by atoms with Crippen molar-refractivity contribution in [3.8, 4) is 17.1 Å². The lowest BCUT2D eigenvalue weighted by Crippen LogP contribution is -2.38. The third-order valence-corrected chi connectivity index (χ3v) is 6.29. The highest BCUT2D eigenvalue weighted by Gasteiger charge is 2.32. The number of aliphatic carboxylic acids is 1. The SMILES string of the molecule is Cc1cc(CCC(=O)Nc2cnc(-c3ccc(C(F)(F)F)cc3)nc2C2CC2)ccc1OC(C)(C)C(=O)O. The first-order valence-corrected chi connectivity index (χ1v) is 12.2. The van der Waals surface area contributed by atoms with E-state index in [0.717, 1.165) is 36.1 Å². The van der Waals surface area contributed by atoms with E-state index in [-0.39, 0.29) is 18.2 Å². The topological polar surface area (TPSA) is 101 Å². The zero-order valence-corrected chi connectivity index (χ0v) is 21.2. The van der Waals surface area contributed by atoms with E-state index in [0.29, 0.717) is 34.9 Å². The summed E-state index contributed by atoms with van der Waals surface area (Å²) in [6.45, 7) is 4.76. The predicted molar refractivity (Wildman–Crippen MR) is 135 cm³/mol. The molecule has 0 bridgehead atoms. The van der Waals surface area contributed by atoms with Crippen molar-refractivity contribution in [3.63, 3.8) is 0 Å². The first-order valence-electron chi connectivity index (χ1n) is 12.2. The highest BCUT2D eigenvalue weighted by atomic mass is 19.4. The van der Waals surface area contributed by atoms with Gasteiger partial charge in [-0.25, -0.2) is 14.8 Å². The molecule has 1 amide bonds. The van der Waals surface area contributed by atoms with E-state index >= 15 is 0 Å². The molecule has 1 aromatic heterocycles. The van der Waals surface area contributed by atoms with Gasteiger partial charge in [0.05, 0.1) is 23.1 Å². The highest BCUT2D eigenvalue weighted by molar-refractivity contribution is 5.91. The molecule has 1 fully saturated rings. The predicted octanol–water partition coefficient (Wildman–Crippen LogP) is 6.16. The van der Waals surface area contributed by atoms with Gasteiger partial charge < -0.3 is 15.2 Å². The molecule has 0 spiro atoms. The summed E-state index contributed by atoms with van der Waals surface area (Å²) >= 11 is 0. The number of aryl methyl sites for hydroxylation is 2. The number of alkyl halides is 3. The molecule has 0 radical (unpaired) electrons. The maximum absolute atomic E-state index is 12.9. The van der Waals surface area contributed by atoms with E-state index in [4.69, 9.17) is 4.74 Å². The van der Waals surface area contributed by atoms with Crippen LogP contribution >= 0.6 is 0 Å². The van der Waals surface area contributed by atoms with Crippen LogP contribution in [0.1, 0.15) is 61.4 Å². The van der Waals surface area contributed by atoms with Crippen molar-refractivity contribution < 1.29 is 32.6 Å². The number of carboxylic acid groups (broad SMARTS) is 1. The molecule has 1 heterocycles. The van der Waals surface area contributed by atoms with Crippen molar-refractivity contribution in [2.24, 2.45) is 0 Å². The van der Waals surface area contributed by atoms with E-state index in [1.54, 1.807) is 12.1 Å². The smallest absolute Gasteiger partial charge is 0.416 e. The van der Waals surface area contributed by atoms with Gasteiger partial charge in [-0.3, -0.25) is 4.79 Å². The molecular weight excluding hydrogens is 499 g/mol. The average molecular weight is 528 g/mol. The van der Waals surface area contributed by atoms with Crippen LogP contribution in [0.5, 0.6) is 5.75 Å². The van der Waals surface area contributed by atoms with Crippen LogP contribution in [0.4, 0.5) is 18.9 Å². The van der Waals surface area contributed by atoms with Crippen LogP contribution in [0, 0.1) is 6.92 Å². The molecule has 1 saturated carbocycles. The van der Waals surface area contributed by atoms with Crippen LogP contribution in [-0.4, -0.2) is 32.6 Å². The fourth-order valence-electron chi connectivity index (χ4n) is 3.88. The number of aromatic nitrogens is 2. The summed E-state index contributed by atoms with van der Waals surface area (Å²) in [5, 5.41) is 12.1. The monoisotopic (exact) mass is 527 g/mol. The van der Waals surface area contributed by atoms with Crippen LogP contribution < -0.4 is 10.1 Å². The van der Waals surface area contributed by atoms with Gasteiger partial charge in [-0.15, -0.1) is 0 Å². The van der Waals surface area contributed by atoms with Gasteiger partial charge >= 0.3 is 12.1 Å². The molecule has 7 nitrogen and oxygen atoms in total. The number of carboxylic acids is 1. The Labute approximate surface area is 218 Å². The molecule has 1 aliphatic carbocycles. The minimum atomic E-state index is -4.42. The Kier molecular flexibility index (Phi) is 7.44. The molecule has 0 aliphatic heterocycles. The van der Waals surface area contributed by atoms with Crippen molar-refractivity contribution in [1.82, 2.24) is 9.97 Å². The highest BCUT2D eigenvalue weighted by Crippen LogP contribution is 2.43. The number of amides is 1. The van der Waals surface area contributed by atoms with E-state index in [1.165, 1.54) is 32.2 Å². The fourth-order valence-corrected chi connectivity index (χ4v) is 3.88. The Morgan fingerprint density at radius 2 is 1.79 bits per heavy atom. The molecular formula is C28H28F3N3O4. The largest absolute Gasteiger partial charge is 0.478 e. The number of carbonyl (C=O) groups is 2. The number of rotatable bonds is 9. The molecule has 3 aromatic rings. The third-order valence-electron chi connectivity index (χ3n) is 6.29. The van der Waals surface area contributed by atoms with Gasteiger partial charge in [-0.2, -0.15) is 13.2 Å². The number of hydrogen-bond acceptors (Lipinski definition) is 5. The second kappa shape index (κ2) is 10.4. The normalized spacial score (nSPS) is 13.7. The maximum Gasteiger partial charge on any atom is 0.416 e. The fraction of sp³-hybridized carbons (Fsp3) is 0.357. The Morgan fingerprint density at radius 1 is 1.11 bits per heavy atom. The van der Waals surface area contributed by atoms with Crippen LogP contribution in [0.2, 0.25) is 0 Å². The van der Waals surface area contributed by atoms with Crippen molar-refractivity contribution in [2.75, 3.05) is 5.32 Å². The Bertz CT molecular complexity index is 1350. The number of hydrogen-bond donors (Lipinski definition) is 2. The summed E-state index contributed by atoms with van der Waals surface area (Å²) in [6.07, 6.45) is -0.425. The van der Waals surface area contributed by atoms with Gasteiger partial charge in [-0.05, 0) is 69.4 Å². The number of halogens is 3. The first kappa shape index (κ1) is 27.1. The van der Waals surface area contributed by atoms with Crippen molar-refractivity contribution in [2.45, 2.75) is 64.1 Å². The molecule has 4 rings (SSSR count). The van der Waals surface area contributed by atoms with Crippen molar-refractivity contribution in [3.05, 3.63) is 71.0 Å². The summed E-state index contributed by atoms with van der Waals surface area (Å²) in [4.78, 5) is 32.9. The van der Waals surface area contributed by atoms with Gasteiger partial charge in [0.2, 0.25) is 5.91 Å². The average Bonchev–Trinajstić information content (AvgIpc) is 3.69. The summed E-state index contributed by atoms with van der Waals surface area (Å²) in [5.74, 6) is -0.346. The van der Waals surface area contributed by atoms with Gasteiger partial charge in [0.25, 0.3) is 0 Å². The van der Waals surface area contributed by atoms with Crippen LogP contribution in [0.15, 0.2) is 48.7 Å². The summed E-state index contributed by atoms with van der Waals surface area (Å²) < 4.78 is 44.2. The van der Waals surface area contributed by atoms with E-state index in [9.17, 15) is 27.9 Å². The first-order chi connectivity index (χ1) is 17.8. The lowest BCUT2D eigenvalue weighted by molar-refractivity contribution is -0.152. The second-order valence-corrected chi connectivity index (χ2v) is 9.91. The molecule has 2 N–H and O–H groups in total. The number of nitrogens with one attached hydrogen (secondary N) is 1. The standard InChI is InChI=1S/C28H28F3N3O4/c1-16-14-17(4-12-22(16)38-27(2,3)26(36)37)5-13-23(35)33-21-15-32-25(34-24(21)18-6-7-18)19-8-10-20(11-9-19)28(29,30)31/h4,8-12,14-15,18H,5-7,13H2,1-3H3,(H,33,35)(H,36,37). The Balaban J connectivity index is 1.41. The van der Waals surface area contributed by atoms with Crippen LogP contribution in [-0.2, 0) is 22.2 Å². The van der Waals surface area contributed by atoms with Crippen LogP contribution in [0.3, 0.4) is 0 Å². The number of anilines is 1. The van der Waals surface area contributed by atoms with Gasteiger partial charge in [0.15, 0.2) is 11.4 Å². The van der Waals surface area contributed by atoms with Crippen molar-refractivity contribution >= 4 is 17.6 Å². The molecule has 0 unspecified atom stereocenters. The number of ether oxygens (including phenoxy) is 1. The van der Waals surface area contributed by atoms with Crippen molar-refractivity contribution in [1.29, 1.82) is 0 Å². The Hall–Kier alpha value is -3.95. The molecule has 10 heteroatoms. The molecule has 1 aliphatic rings. The number of nitrogens with zero attached hydrogens (tertiary/aromatic N) is 2. The number of benzene rings is 2. The third kappa shape index (κ3) is 6.48. The summed E-state index contributed by atoms with van der Waals surface area (Å²) in [5.41, 5.74) is 1.21. The molecule has 0 saturated heterocycles. The van der Waals surface area contributed by atoms with Gasteiger partial charge in [-0.1, -0.05) is 24.3 Å². The quantitative estimate of drug-likeness (QED) is 0.346. The second-order valence-electron chi connectivity index (χ2n) is 9.91. The molecule has 2 aromatic carbocycles. The lowest BCUT2D eigenvalue weighted by Gasteiger charge is -2.23. The zero-order chi connectivity index (χ0) is 27.7. The van der Waals surface area contributed by atoms with Gasteiger partial charge in [0.1, 0.15) is 5.75 Å². The summed E-state index contributed by atoms with van der Waals surface area (Å²) in [7, 11) is 0. The minimum Gasteiger partial charge on any atom is -0.478 e. The summed E-state index contributed by atoms with van der Waals surface area (Å²) in [6, 6.07) is 10.0. The zero-order valence-electron chi connectivity index (χ0n) is 21.2. The van der Waals surface area contributed by atoms with Crippen LogP contribution in [0.25, 0.3) is 11.4 Å². The van der Waals surface area contributed by atoms with E-state index < -0.39 is 23.3 Å². The lowest BCUT2D eigenvalue weighted by atomic mass is 10.0.